The van der Waals surface area contributed by atoms with Crippen molar-refractivity contribution in [2.75, 3.05) is 6.80 Å². The molecule has 10 heteroatoms. The van der Waals surface area contributed by atoms with Crippen LogP contribution in [-0.2, 0) is 9.59 Å². The number of alkyl halides is 1. The summed E-state index contributed by atoms with van der Waals surface area (Å²) in [6.45, 7) is -1.09. The number of thiophene rings is 1. The predicted octanol–water partition coefficient (Wildman–Crippen LogP) is 1.92. The third kappa shape index (κ3) is 2.81. The van der Waals surface area contributed by atoms with Gasteiger partial charge in [-0.2, -0.15) is 0 Å². The van der Waals surface area contributed by atoms with Gasteiger partial charge in [0.15, 0.2) is 6.80 Å². The van der Waals surface area contributed by atoms with E-state index in [1.165, 1.54) is 12.1 Å². The number of nitro groups is 1. The average Bonchev–Trinajstić information content (AvgIpc) is 2.95. The molecule has 0 radical (unpaired) electrons. The van der Waals surface area contributed by atoms with Crippen molar-refractivity contribution in [3.05, 3.63) is 50.7 Å². The summed E-state index contributed by atoms with van der Waals surface area (Å²) >= 11 is 0.679. The van der Waals surface area contributed by atoms with Crippen molar-refractivity contribution < 1.29 is 29.1 Å². The molecular formula is C12H9FN2O6S. The minimum atomic E-state index is -1.42. The van der Waals surface area contributed by atoms with Crippen molar-refractivity contribution in [1.82, 2.24) is 4.90 Å². The minimum Gasteiger partial charge on any atom is -0.478 e. The fourth-order valence-corrected chi connectivity index (χ4v) is 3.00. The zero-order valence-corrected chi connectivity index (χ0v) is 11.6. The van der Waals surface area contributed by atoms with Gasteiger partial charge in [-0.3, -0.25) is 10.1 Å². The molecule has 0 atom stereocenters. The summed E-state index contributed by atoms with van der Waals surface area (Å²) < 4.78 is 12.8. The van der Waals surface area contributed by atoms with Gasteiger partial charge in [0.05, 0.1) is 22.0 Å². The molecule has 0 amide bonds. The molecule has 0 saturated carbocycles. The van der Waals surface area contributed by atoms with E-state index in [0.717, 1.165) is 17.3 Å². The van der Waals surface area contributed by atoms with Gasteiger partial charge in [-0.1, -0.05) is 11.3 Å². The van der Waals surface area contributed by atoms with Crippen molar-refractivity contribution in [3.8, 4) is 0 Å². The zero-order valence-electron chi connectivity index (χ0n) is 10.8. The maximum Gasteiger partial charge on any atom is 0.334 e. The Balaban J connectivity index is 2.55. The van der Waals surface area contributed by atoms with Crippen LogP contribution in [0.5, 0.6) is 0 Å². The maximum atomic E-state index is 12.8. The zero-order chi connectivity index (χ0) is 16.4. The third-order valence-electron chi connectivity index (χ3n) is 2.94. The van der Waals surface area contributed by atoms with E-state index in [0.29, 0.717) is 11.3 Å². The summed E-state index contributed by atoms with van der Waals surface area (Å²) in [7, 11) is 0. The molecule has 2 N–H and O–H groups in total. The standard InChI is InChI=1S/C12H9FN2O6S/c13-5-14-3-6(11(16)17)10(7(4-14)12(18)19)8-1-2-9(22-8)15(20)21/h1-4,10H,5H2,(H,16,17)(H,18,19). The quantitative estimate of drug-likeness (QED) is 0.481. The summed E-state index contributed by atoms with van der Waals surface area (Å²) in [5.41, 5.74) is -0.733. The van der Waals surface area contributed by atoms with Crippen LogP contribution in [0, 0.1) is 10.1 Å². The number of nitrogens with zero attached hydrogens (tertiary/aromatic N) is 2. The van der Waals surface area contributed by atoms with E-state index >= 15 is 0 Å². The van der Waals surface area contributed by atoms with E-state index in [-0.39, 0.29) is 21.0 Å². The molecule has 116 valence electrons. The predicted molar refractivity (Wildman–Crippen MR) is 73.0 cm³/mol. The molecule has 2 rings (SSSR count). The van der Waals surface area contributed by atoms with Crippen LogP contribution in [-0.4, -0.2) is 38.8 Å². The average molecular weight is 328 g/mol. The Labute approximate surface area is 126 Å². The van der Waals surface area contributed by atoms with Crippen molar-refractivity contribution in [1.29, 1.82) is 0 Å². The lowest BCUT2D eigenvalue weighted by Crippen LogP contribution is -2.26. The van der Waals surface area contributed by atoms with Crippen molar-refractivity contribution in [2.24, 2.45) is 0 Å². The van der Waals surface area contributed by atoms with Crippen LogP contribution in [0.15, 0.2) is 35.7 Å². The molecule has 1 aromatic heterocycles. The highest BCUT2D eigenvalue weighted by atomic mass is 32.1. The Kier molecular flexibility index (Phi) is 4.22. The Bertz CT molecular complexity index is 678. The highest BCUT2D eigenvalue weighted by molar-refractivity contribution is 7.15. The van der Waals surface area contributed by atoms with Crippen LogP contribution in [0.3, 0.4) is 0 Å². The summed E-state index contributed by atoms with van der Waals surface area (Å²) in [5.74, 6) is -4.05. The van der Waals surface area contributed by atoms with E-state index in [2.05, 4.69) is 0 Å². The fraction of sp³-hybridized carbons (Fsp3) is 0.167. The summed E-state index contributed by atoms with van der Waals surface area (Å²) in [6, 6.07) is 2.46. The lowest BCUT2D eigenvalue weighted by atomic mass is 9.88. The van der Waals surface area contributed by atoms with Gasteiger partial charge in [0.2, 0.25) is 0 Å². The first-order valence-electron chi connectivity index (χ1n) is 5.81. The molecule has 0 aromatic carbocycles. The second-order valence-electron chi connectivity index (χ2n) is 4.28. The number of rotatable bonds is 5. The van der Waals surface area contributed by atoms with Gasteiger partial charge in [0.1, 0.15) is 0 Å². The number of hydrogen-bond acceptors (Lipinski definition) is 6. The van der Waals surface area contributed by atoms with Gasteiger partial charge >= 0.3 is 16.9 Å². The Morgan fingerprint density at radius 2 is 1.82 bits per heavy atom. The topological polar surface area (TPSA) is 121 Å². The van der Waals surface area contributed by atoms with E-state index in [1.54, 1.807) is 0 Å². The summed E-state index contributed by atoms with van der Waals surface area (Å²) in [4.78, 5) is 33.7. The third-order valence-corrected chi connectivity index (χ3v) is 4.04. The van der Waals surface area contributed by atoms with Gasteiger partial charge in [0, 0.05) is 23.3 Å². The smallest absolute Gasteiger partial charge is 0.334 e. The first-order chi connectivity index (χ1) is 10.3. The molecule has 0 unspecified atom stereocenters. The molecule has 0 spiro atoms. The van der Waals surface area contributed by atoms with Crippen LogP contribution in [0.25, 0.3) is 0 Å². The van der Waals surface area contributed by atoms with E-state index in [9.17, 15) is 34.3 Å². The van der Waals surface area contributed by atoms with E-state index in [4.69, 9.17) is 0 Å². The van der Waals surface area contributed by atoms with Crippen molar-refractivity contribution >= 4 is 28.3 Å². The number of aliphatic carboxylic acids is 2. The molecular weight excluding hydrogens is 319 g/mol. The molecule has 0 bridgehead atoms. The second-order valence-corrected chi connectivity index (χ2v) is 5.37. The van der Waals surface area contributed by atoms with E-state index in [1.807, 2.05) is 0 Å². The highest BCUT2D eigenvalue weighted by Gasteiger charge is 2.35. The van der Waals surface area contributed by atoms with Crippen LogP contribution in [0.2, 0.25) is 0 Å². The van der Waals surface area contributed by atoms with Gasteiger partial charge < -0.3 is 15.1 Å². The van der Waals surface area contributed by atoms with Crippen molar-refractivity contribution in [3.63, 3.8) is 0 Å². The number of hydrogen-bond donors (Lipinski definition) is 2. The van der Waals surface area contributed by atoms with Crippen LogP contribution < -0.4 is 0 Å². The normalized spacial score (nSPS) is 15.2. The number of carboxylic acid groups (broad SMARTS) is 2. The Morgan fingerprint density at radius 1 is 1.27 bits per heavy atom. The monoisotopic (exact) mass is 328 g/mol. The molecule has 1 aromatic rings. The molecule has 0 saturated heterocycles. The summed E-state index contributed by atoms with van der Waals surface area (Å²) in [6.07, 6.45) is 1.95. The maximum absolute atomic E-state index is 12.8. The van der Waals surface area contributed by atoms with E-state index < -0.39 is 29.6 Å². The molecule has 8 nitrogen and oxygen atoms in total. The number of carbonyl (C=O) groups is 2. The van der Waals surface area contributed by atoms with Crippen LogP contribution in [0.1, 0.15) is 10.8 Å². The fourth-order valence-electron chi connectivity index (χ4n) is 2.04. The molecule has 1 aliphatic rings. The van der Waals surface area contributed by atoms with Crippen molar-refractivity contribution in [2.45, 2.75) is 5.92 Å². The number of carboxylic acids is 2. The molecule has 1 aliphatic heterocycles. The minimum absolute atomic E-state index is 0.188. The van der Waals surface area contributed by atoms with Gasteiger partial charge in [-0.05, 0) is 6.07 Å². The second kappa shape index (κ2) is 5.93. The first kappa shape index (κ1) is 15.6. The van der Waals surface area contributed by atoms with Gasteiger partial charge in [0.25, 0.3) is 0 Å². The highest BCUT2D eigenvalue weighted by Crippen LogP contribution is 2.41. The van der Waals surface area contributed by atoms with Gasteiger partial charge in [-0.15, -0.1) is 0 Å². The number of halogens is 1. The van der Waals surface area contributed by atoms with Crippen LogP contribution in [0.4, 0.5) is 9.39 Å². The Hall–Kier alpha value is -2.75. The lowest BCUT2D eigenvalue weighted by molar-refractivity contribution is -0.380. The molecule has 0 fully saturated rings. The molecule has 2 heterocycles. The van der Waals surface area contributed by atoms with Gasteiger partial charge in [-0.25, -0.2) is 14.0 Å². The Morgan fingerprint density at radius 3 is 2.18 bits per heavy atom. The summed E-state index contributed by atoms with van der Waals surface area (Å²) in [5, 5.41) is 28.9. The molecule has 0 aliphatic carbocycles. The molecule has 22 heavy (non-hydrogen) atoms. The largest absolute Gasteiger partial charge is 0.478 e. The SMILES string of the molecule is O=C(O)C1=CN(CF)C=C(C(=O)O)C1c1ccc([N+](=O)[O-])s1. The van der Waals surface area contributed by atoms with Crippen LogP contribution >= 0.6 is 11.3 Å². The lowest BCUT2D eigenvalue weighted by Gasteiger charge is -2.26. The first-order valence-corrected chi connectivity index (χ1v) is 6.62.